The van der Waals surface area contributed by atoms with Crippen LogP contribution >= 0.6 is 22.6 Å². The van der Waals surface area contributed by atoms with Gasteiger partial charge in [-0.15, -0.1) is 0 Å². The number of hydrogen-bond acceptors (Lipinski definition) is 4. The van der Waals surface area contributed by atoms with E-state index in [9.17, 15) is 9.90 Å². The van der Waals surface area contributed by atoms with Gasteiger partial charge in [-0.2, -0.15) is 0 Å². The molecule has 0 aliphatic carbocycles. The second-order valence-corrected chi connectivity index (χ2v) is 4.87. The van der Waals surface area contributed by atoms with Crippen molar-refractivity contribution in [3.63, 3.8) is 0 Å². The lowest BCUT2D eigenvalue weighted by Gasteiger charge is -2.15. The lowest BCUT2D eigenvalue weighted by molar-refractivity contribution is -0.255. The Morgan fingerprint density at radius 1 is 1.33 bits per heavy atom. The van der Waals surface area contributed by atoms with Crippen molar-refractivity contribution in [3.8, 4) is 11.5 Å². The molecular formula is C13H16IO4-. The van der Waals surface area contributed by atoms with Crippen LogP contribution in [0, 0.1) is 3.57 Å². The second kappa shape index (κ2) is 7.45. The summed E-state index contributed by atoms with van der Waals surface area (Å²) < 4.78 is 11.8. The van der Waals surface area contributed by atoms with E-state index in [1.807, 2.05) is 29.5 Å². The Hall–Kier alpha value is -0.980. The molecule has 0 saturated carbocycles. The first-order chi connectivity index (χ1) is 8.60. The molecule has 18 heavy (non-hydrogen) atoms. The maximum Gasteiger partial charge on any atom is 0.174 e. The van der Waals surface area contributed by atoms with Gasteiger partial charge >= 0.3 is 0 Å². The third-order valence-electron chi connectivity index (χ3n) is 2.29. The summed E-state index contributed by atoms with van der Waals surface area (Å²) in [5.41, 5.74) is 0.102. The van der Waals surface area contributed by atoms with Crippen LogP contribution in [0.25, 0.3) is 0 Å². The molecule has 0 N–H and O–H groups in total. The van der Waals surface area contributed by atoms with Crippen molar-refractivity contribution in [1.82, 2.24) is 0 Å². The van der Waals surface area contributed by atoms with Crippen LogP contribution in [0.2, 0.25) is 0 Å². The quantitative estimate of drug-likeness (QED) is 0.551. The van der Waals surface area contributed by atoms with Crippen molar-refractivity contribution in [2.24, 2.45) is 0 Å². The predicted molar refractivity (Wildman–Crippen MR) is 75.1 cm³/mol. The fourth-order valence-electron chi connectivity index (χ4n) is 1.41. The largest absolute Gasteiger partial charge is 0.545 e. The number of carbonyl (C=O) groups is 1. The van der Waals surface area contributed by atoms with E-state index in [1.54, 1.807) is 0 Å². The van der Waals surface area contributed by atoms with E-state index < -0.39 is 5.97 Å². The van der Waals surface area contributed by atoms with Gasteiger partial charge in [-0.1, -0.05) is 13.3 Å². The third kappa shape index (κ3) is 4.04. The summed E-state index contributed by atoms with van der Waals surface area (Å²) in [6.45, 7) is 4.97. The van der Waals surface area contributed by atoms with Crippen LogP contribution in [-0.2, 0) is 0 Å². The maximum atomic E-state index is 10.9. The molecule has 1 rings (SSSR count). The number of benzene rings is 1. The first kappa shape index (κ1) is 15.1. The minimum Gasteiger partial charge on any atom is -0.545 e. The number of carboxylic acids is 1. The average Bonchev–Trinajstić information content (AvgIpc) is 2.32. The number of aromatic carboxylic acids is 1. The molecule has 0 aromatic heterocycles. The highest BCUT2D eigenvalue weighted by molar-refractivity contribution is 14.1. The smallest absolute Gasteiger partial charge is 0.174 e. The number of carboxylic acid groups (broad SMARTS) is 1. The lowest BCUT2D eigenvalue weighted by Crippen LogP contribution is -2.22. The Morgan fingerprint density at radius 2 is 2.06 bits per heavy atom. The van der Waals surface area contributed by atoms with Crippen molar-refractivity contribution >= 4 is 28.6 Å². The summed E-state index contributed by atoms with van der Waals surface area (Å²) in [5, 5.41) is 10.9. The summed E-state index contributed by atoms with van der Waals surface area (Å²) >= 11 is 2.04. The van der Waals surface area contributed by atoms with Crippen LogP contribution in [0.15, 0.2) is 12.1 Å². The van der Waals surface area contributed by atoms with Crippen molar-refractivity contribution in [2.75, 3.05) is 13.2 Å². The van der Waals surface area contributed by atoms with Crippen molar-refractivity contribution in [3.05, 3.63) is 21.3 Å². The zero-order chi connectivity index (χ0) is 13.5. The fourth-order valence-corrected chi connectivity index (χ4v) is 2.16. The van der Waals surface area contributed by atoms with Gasteiger partial charge in [0.1, 0.15) is 0 Å². The van der Waals surface area contributed by atoms with Gasteiger partial charge in [0.15, 0.2) is 11.5 Å². The van der Waals surface area contributed by atoms with Crippen LogP contribution in [0.1, 0.15) is 37.0 Å². The van der Waals surface area contributed by atoms with Gasteiger partial charge in [-0.25, -0.2) is 0 Å². The van der Waals surface area contributed by atoms with Gasteiger partial charge in [0.25, 0.3) is 0 Å². The molecule has 0 saturated heterocycles. The molecule has 100 valence electrons. The van der Waals surface area contributed by atoms with E-state index in [1.165, 1.54) is 12.1 Å². The van der Waals surface area contributed by atoms with E-state index in [2.05, 4.69) is 6.92 Å². The zero-order valence-electron chi connectivity index (χ0n) is 10.5. The normalized spacial score (nSPS) is 10.2. The molecule has 5 heteroatoms. The van der Waals surface area contributed by atoms with Gasteiger partial charge in [0.2, 0.25) is 0 Å². The Balaban J connectivity index is 3.02. The standard InChI is InChI=1S/C13H17IO4/c1-3-5-6-18-12-10(14)7-9(13(15)16)8-11(12)17-4-2/h7-8H,3-6H2,1-2H3,(H,15,16)/p-1. The summed E-state index contributed by atoms with van der Waals surface area (Å²) in [5.74, 6) is -0.149. The highest BCUT2D eigenvalue weighted by Crippen LogP contribution is 2.34. The molecular weight excluding hydrogens is 347 g/mol. The maximum absolute atomic E-state index is 10.9. The Labute approximate surface area is 120 Å². The number of ether oxygens (including phenoxy) is 2. The SMILES string of the molecule is CCCCOc1c(I)cc(C(=O)[O-])cc1OCC. The van der Waals surface area contributed by atoms with Crippen LogP contribution < -0.4 is 14.6 Å². The molecule has 1 aromatic rings. The minimum absolute atomic E-state index is 0.102. The van der Waals surface area contributed by atoms with Gasteiger partial charge in [-0.3, -0.25) is 0 Å². The molecule has 0 spiro atoms. The van der Waals surface area contributed by atoms with E-state index in [4.69, 9.17) is 9.47 Å². The number of carbonyl (C=O) groups excluding carboxylic acids is 1. The molecule has 0 aliphatic heterocycles. The molecule has 0 amide bonds. The number of halogens is 1. The Morgan fingerprint density at radius 3 is 2.61 bits per heavy atom. The summed E-state index contributed by atoms with van der Waals surface area (Å²) in [6.07, 6.45) is 1.99. The molecule has 0 atom stereocenters. The topological polar surface area (TPSA) is 58.6 Å². The van der Waals surface area contributed by atoms with Crippen molar-refractivity contribution in [1.29, 1.82) is 0 Å². The summed E-state index contributed by atoms with van der Waals surface area (Å²) in [4.78, 5) is 10.9. The molecule has 0 unspecified atom stereocenters. The zero-order valence-corrected chi connectivity index (χ0v) is 12.7. The fraction of sp³-hybridized carbons (Fsp3) is 0.462. The van der Waals surface area contributed by atoms with E-state index in [0.29, 0.717) is 28.3 Å². The average molecular weight is 363 g/mol. The van der Waals surface area contributed by atoms with E-state index in [0.717, 1.165) is 12.8 Å². The van der Waals surface area contributed by atoms with Gasteiger partial charge in [0.05, 0.1) is 22.8 Å². The molecule has 0 radical (unpaired) electrons. The first-order valence-corrected chi connectivity index (χ1v) is 6.98. The molecule has 1 aromatic carbocycles. The van der Waals surface area contributed by atoms with Crippen LogP contribution in [0.3, 0.4) is 0 Å². The van der Waals surface area contributed by atoms with Crippen LogP contribution in [-0.4, -0.2) is 19.2 Å². The van der Waals surface area contributed by atoms with Gasteiger partial charge in [-0.05, 0) is 48.1 Å². The van der Waals surface area contributed by atoms with Crippen LogP contribution in [0.5, 0.6) is 11.5 Å². The van der Waals surface area contributed by atoms with Crippen molar-refractivity contribution < 1.29 is 19.4 Å². The second-order valence-electron chi connectivity index (χ2n) is 3.71. The molecule has 0 heterocycles. The Kier molecular flexibility index (Phi) is 6.24. The van der Waals surface area contributed by atoms with Crippen molar-refractivity contribution in [2.45, 2.75) is 26.7 Å². The first-order valence-electron chi connectivity index (χ1n) is 5.90. The number of rotatable bonds is 7. The lowest BCUT2D eigenvalue weighted by atomic mass is 10.2. The highest BCUT2D eigenvalue weighted by Gasteiger charge is 2.12. The van der Waals surface area contributed by atoms with Gasteiger partial charge < -0.3 is 19.4 Å². The molecule has 0 bridgehead atoms. The number of unbranched alkanes of at least 4 members (excludes halogenated alkanes) is 1. The van der Waals surface area contributed by atoms with E-state index in [-0.39, 0.29) is 5.56 Å². The summed E-state index contributed by atoms with van der Waals surface area (Å²) in [6, 6.07) is 2.97. The summed E-state index contributed by atoms with van der Waals surface area (Å²) in [7, 11) is 0. The molecule has 0 fully saturated rings. The highest BCUT2D eigenvalue weighted by atomic mass is 127. The molecule has 4 nitrogen and oxygen atoms in total. The van der Waals surface area contributed by atoms with Crippen LogP contribution in [0.4, 0.5) is 0 Å². The van der Waals surface area contributed by atoms with E-state index >= 15 is 0 Å². The van der Waals surface area contributed by atoms with Gasteiger partial charge in [0, 0.05) is 5.56 Å². The minimum atomic E-state index is -1.21. The third-order valence-corrected chi connectivity index (χ3v) is 3.09. The monoisotopic (exact) mass is 363 g/mol. The predicted octanol–water partition coefficient (Wildman–Crippen LogP) is 2.23. The molecule has 0 aliphatic rings. The Bertz CT molecular complexity index is 418. The number of hydrogen-bond donors (Lipinski definition) is 0.